The van der Waals surface area contributed by atoms with Gasteiger partial charge < -0.3 is 10.1 Å². The molecule has 2 aromatic carbocycles. The van der Waals surface area contributed by atoms with Gasteiger partial charge in [-0.05, 0) is 60.7 Å². The number of halogens is 2. The Kier molecular flexibility index (Phi) is 5.33. The summed E-state index contributed by atoms with van der Waals surface area (Å²) in [4.78, 5) is 10.1. The van der Waals surface area contributed by atoms with E-state index in [-0.39, 0.29) is 17.0 Å². The molecule has 0 amide bonds. The van der Waals surface area contributed by atoms with Gasteiger partial charge in [-0.1, -0.05) is 12.1 Å². The van der Waals surface area contributed by atoms with Crippen LogP contribution in [0.5, 0.6) is 5.75 Å². The van der Waals surface area contributed by atoms with Gasteiger partial charge >= 0.3 is 0 Å². The molecule has 0 saturated heterocycles. The molecule has 158 valence electrons. The maximum Gasteiger partial charge on any atom is 0.242 e. The Hall–Kier alpha value is -2.97. The molecule has 0 unspecified atom stereocenters. The highest BCUT2D eigenvalue weighted by Gasteiger charge is 2.26. The van der Waals surface area contributed by atoms with E-state index >= 15 is 0 Å². The van der Waals surface area contributed by atoms with E-state index < -0.39 is 0 Å². The van der Waals surface area contributed by atoms with Crippen LogP contribution in [0.4, 0.5) is 15.2 Å². The second-order valence-corrected chi connectivity index (χ2v) is 8.72. The van der Waals surface area contributed by atoms with Crippen molar-refractivity contribution in [3.05, 3.63) is 76.0 Å². The fraction of sp³-hybridized carbons (Fsp3) is 0.227. The molecule has 0 fully saturated rings. The molecular weight excluding hydrogens is 437 g/mol. The lowest BCUT2D eigenvalue weighted by molar-refractivity contribution is 0.412. The van der Waals surface area contributed by atoms with Crippen molar-refractivity contribution in [1.82, 2.24) is 19.7 Å². The van der Waals surface area contributed by atoms with Crippen LogP contribution in [-0.4, -0.2) is 26.9 Å². The lowest BCUT2D eigenvalue weighted by Gasteiger charge is -2.21. The quantitative estimate of drug-likeness (QED) is 0.416. The van der Waals surface area contributed by atoms with Crippen molar-refractivity contribution in [1.29, 1.82) is 0 Å². The molecule has 4 aromatic rings. The zero-order valence-electron chi connectivity index (χ0n) is 16.7. The number of hydrogen-bond donors (Lipinski definition) is 1. The van der Waals surface area contributed by atoms with E-state index in [9.17, 15) is 4.39 Å². The summed E-state index contributed by atoms with van der Waals surface area (Å²) >= 11 is 7.50. The Morgan fingerprint density at radius 3 is 2.81 bits per heavy atom. The Balaban J connectivity index is 1.42. The van der Waals surface area contributed by atoms with E-state index in [1.54, 1.807) is 23.1 Å². The molecule has 0 spiro atoms. The van der Waals surface area contributed by atoms with Crippen molar-refractivity contribution < 1.29 is 9.13 Å². The highest BCUT2D eigenvalue weighted by Crippen LogP contribution is 2.41. The van der Waals surface area contributed by atoms with Crippen LogP contribution in [-0.2, 0) is 6.42 Å². The minimum absolute atomic E-state index is 0.174. The predicted molar refractivity (Wildman–Crippen MR) is 119 cm³/mol. The molecule has 2 heterocycles. The molecule has 1 N–H and O–H groups in total. The number of methoxy groups -OCH3 is 1. The van der Waals surface area contributed by atoms with Crippen LogP contribution in [0.1, 0.15) is 34.9 Å². The number of nitrogens with zero attached hydrogens (tertiary/aromatic N) is 4. The van der Waals surface area contributed by atoms with Gasteiger partial charge in [0.05, 0.1) is 12.8 Å². The molecular formula is C22H19ClFN5OS. The van der Waals surface area contributed by atoms with Gasteiger partial charge in [0.2, 0.25) is 5.28 Å². The molecule has 0 radical (unpaired) electrons. The van der Waals surface area contributed by atoms with Gasteiger partial charge in [-0.2, -0.15) is 0 Å². The van der Waals surface area contributed by atoms with Crippen LogP contribution in [0.25, 0.3) is 5.69 Å². The van der Waals surface area contributed by atoms with E-state index in [4.69, 9.17) is 21.3 Å². The molecule has 9 heteroatoms. The number of hydrogen-bond acceptors (Lipinski definition) is 6. The fourth-order valence-corrected chi connectivity index (χ4v) is 5.13. The Morgan fingerprint density at radius 1 is 1.23 bits per heavy atom. The average Bonchev–Trinajstić information content (AvgIpc) is 3.39. The summed E-state index contributed by atoms with van der Waals surface area (Å²) in [5.74, 6) is 0.619. The topological polar surface area (TPSA) is 64.9 Å². The van der Waals surface area contributed by atoms with Crippen LogP contribution >= 0.6 is 22.9 Å². The molecule has 1 aliphatic carbocycles. The summed E-state index contributed by atoms with van der Waals surface area (Å²) in [5.41, 5.74) is 3.79. The number of thiazole rings is 1. The maximum absolute atomic E-state index is 13.3. The number of nitrogens with one attached hydrogen (secondary N) is 1. The molecule has 2 aromatic heterocycles. The summed E-state index contributed by atoms with van der Waals surface area (Å²) in [6, 6.07) is 12.5. The van der Waals surface area contributed by atoms with Crippen molar-refractivity contribution in [2.75, 3.05) is 12.4 Å². The summed E-state index contributed by atoms with van der Waals surface area (Å²) in [7, 11) is 1.61. The van der Waals surface area contributed by atoms with E-state index in [0.717, 1.165) is 47.0 Å². The second-order valence-electron chi connectivity index (χ2n) is 7.29. The molecule has 0 aliphatic heterocycles. The van der Waals surface area contributed by atoms with Crippen molar-refractivity contribution in [3.8, 4) is 11.4 Å². The minimum Gasteiger partial charge on any atom is -0.494 e. The first-order valence-corrected chi connectivity index (χ1v) is 11.1. The third kappa shape index (κ3) is 4.00. The normalized spacial score (nSPS) is 15.5. The lowest BCUT2D eigenvalue weighted by atomic mass is 9.85. The Labute approximate surface area is 187 Å². The number of ether oxygens (including phenoxy) is 1. The van der Waals surface area contributed by atoms with Gasteiger partial charge in [0.25, 0.3) is 0 Å². The first-order chi connectivity index (χ1) is 15.1. The number of anilines is 2. The van der Waals surface area contributed by atoms with E-state index in [1.807, 2.05) is 30.3 Å². The smallest absolute Gasteiger partial charge is 0.242 e. The van der Waals surface area contributed by atoms with Gasteiger partial charge in [-0.25, -0.2) is 19.0 Å². The molecule has 6 nitrogen and oxygen atoms in total. The van der Waals surface area contributed by atoms with Gasteiger partial charge in [0, 0.05) is 22.5 Å². The van der Waals surface area contributed by atoms with Crippen LogP contribution in [0, 0.1) is 5.82 Å². The number of fused-ring (bicyclic) bond motifs is 1. The minimum atomic E-state index is -0.217. The van der Waals surface area contributed by atoms with Crippen molar-refractivity contribution in [3.63, 3.8) is 0 Å². The second kappa shape index (κ2) is 8.28. The molecule has 1 atom stereocenters. The monoisotopic (exact) mass is 455 g/mol. The van der Waals surface area contributed by atoms with E-state index in [1.165, 1.54) is 23.3 Å². The van der Waals surface area contributed by atoms with Crippen molar-refractivity contribution in [2.45, 2.75) is 25.2 Å². The molecule has 31 heavy (non-hydrogen) atoms. The largest absolute Gasteiger partial charge is 0.494 e. The first kappa shape index (κ1) is 20.0. The number of benzene rings is 2. The third-order valence-electron chi connectivity index (χ3n) is 5.37. The molecule has 1 aliphatic rings. The zero-order chi connectivity index (χ0) is 21.4. The molecule has 0 saturated carbocycles. The summed E-state index contributed by atoms with van der Waals surface area (Å²) in [5, 5.41) is 8.53. The van der Waals surface area contributed by atoms with Crippen LogP contribution < -0.4 is 10.1 Å². The van der Waals surface area contributed by atoms with Crippen LogP contribution in [0.2, 0.25) is 5.28 Å². The molecule has 0 bridgehead atoms. The molecule has 5 rings (SSSR count). The number of aryl methyl sites for hydroxylation is 1. The average molecular weight is 456 g/mol. The fourth-order valence-electron chi connectivity index (χ4n) is 3.92. The SMILES string of the molecule is COc1cc(Nc2nc3c(s2)CCC[C@H]3c2ccc(F)cc2)ccc1-n1cnc(Cl)n1. The van der Waals surface area contributed by atoms with Crippen LogP contribution in [0.3, 0.4) is 0 Å². The van der Waals surface area contributed by atoms with Crippen molar-refractivity contribution >= 4 is 33.8 Å². The highest BCUT2D eigenvalue weighted by atomic mass is 35.5. The van der Waals surface area contributed by atoms with Crippen LogP contribution in [0.15, 0.2) is 48.8 Å². The summed E-state index contributed by atoms with van der Waals surface area (Å²) in [6.07, 6.45) is 4.67. The number of aromatic nitrogens is 4. The zero-order valence-corrected chi connectivity index (χ0v) is 18.3. The first-order valence-electron chi connectivity index (χ1n) is 9.88. The van der Waals surface area contributed by atoms with Gasteiger partial charge in [0.1, 0.15) is 23.6 Å². The van der Waals surface area contributed by atoms with Crippen molar-refractivity contribution in [2.24, 2.45) is 0 Å². The Morgan fingerprint density at radius 2 is 2.06 bits per heavy atom. The summed E-state index contributed by atoms with van der Waals surface area (Å²) < 4.78 is 20.5. The Bertz CT molecular complexity index is 1220. The highest BCUT2D eigenvalue weighted by molar-refractivity contribution is 7.15. The predicted octanol–water partition coefficient (Wildman–Crippen LogP) is 5.74. The van der Waals surface area contributed by atoms with Gasteiger partial charge in [-0.15, -0.1) is 16.4 Å². The standard InChI is InChI=1S/C22H19ClFN5OS/c1-30-18-11-15(9-10-17(18)29-12-25-21(23)28-29)26-22-27-20-16(3-2-4-19(20)31-22)13-5-7-14(24)8-6-13/h5-12,16H,2-4H2,1H3,(H,26,27)/t16-/m0/s1. The van der Waals surface area contributed by atoms with E-state index in [0.29, 0.717) is 5.75 Å². The third-order valence-corrected chi connectivity index (χ3v) is 6.59. The van der Waals surface area contributed by atoms with E-state index in [2.05, 4.69) is 15.4 Å². The van der Waals surface area contributed by atoms with Gasteiger partial charge in [0.15, 0.2) is 5.13 Å². The number of rotatable bonds is 5. The lowest BCUT2D eigenvalue weighted by Crippen LogP contribution is -2.10. The maximum atomic E-state index is 13.3. The van der Waals surface area contributed by atoms with Gasteiger partial charge in [-0.3, -0.25) is 0 Å². The summed E-state index contributed by atoms with van der Waals surface area (Å²) in [6.45, 7) is 0.